The molecule has 0 saturated carbocycles. The summed E-state index contributed by atoms with van der Waals surface area (Å²) in [4.78, 5) is 0. The third kappa shape index (κ3) is 4.11. The van der Waals surface area contributed by atoms with E-state index in [0.717, 1.165) is 0 Å². The van der Waals surface area contributed by atoms with E-state index in [1.165, 1.54) is 0 Å². The first-order chi connectivity index (χ1) is 4.48. The van der Waals surface area contributed by atoms with Gasteiger partial charge in [-0.25, -0.2) is 4.39 Å². The van der Waals surface area contributed by atoms with Gasteiger partial charge in [-0.05, 0) is 5.92 Å². The van der Waals surface area contributed by atoms with Crippen molar-refractivity contribution in [3.63, 3.8) is 0 Å². The van der Waals surface area contributed by atoms with Crippen molar-refractivity contribution >= 4 is 0 Å². The van der Waals surface area contributed by atoms with Gasteiger partial charge in [-0.1, -0.05) is 6.58 Å². The van der Waals surface area contributed by atoms with Gasteiger partial charge >= 0.3 is 0 Å². The molecule has 0 atom stereocenters. The molecule has 0 amide bonds. The Hall–Kier alpha value is -0.810. The van der Waals surface area contributed by atoms with Crippen LogP contribution < -0.4 is 0 Å². The van der Waals surface area contributed by atoms with E-state index in [-0.39, 0.29) is 5.83 Å². The van der Waals surface area contributed by atoms with E-state index >= 15 is 0 Å². The smallest absolute Gasteiger partial charge is 0.147 e. The monoisotopic (exact) mass is 142 g/mol. The zero-order valence-electron chi connectivity index (χ0n) is 6.52. The van der Waals surface area contributed by atoms with Crippen molar-refractivity contribution in [2.45, 2.75) is 0 Å². The van der Waals surface area contributed by atoms with Crippen LogP contribution in [0.1, 0.15) is 0 Å². The lowest BCUT2D eigenvalue weighted by Crippen LogP contribution is -2.40. The number of nitrogens with zero attached hydrogens (tertiary/aromatic N) is 1. The van der Waals surface area contributed by atoms with E-state index < -0.39 is 0 Å². The van der Waals surface area contributed by atoms with Crippen LogP contribution in [0, 0.1) is 12.3 Å². The van der Waals surface area contributed by atoms with Gasteiger partial charge in [0.05, 0.1) is 14.1 Å². The summed E-state index contributed by atoms with van der Waals surface area (Å²) in [6.45, 7) is 4.00. The van der Waals surface area contributed by atoms with Crippen LogP contribution in [0.15, 0.2) is 12.4 Å². The number of likely N-dealkylation sites (N-methyl/N-ethyl adjacent to an activating group) is 1. The number of rotatable bonds is 3. The van der Waals surface area contributed by atoms with Crippen LogP contribution in [0.2, 0.25) is 0 Å². The second kappa shape index (κ2) is 3.38. The summed E-state index contributed by atoms with van der Waals surface area (Å²) < 4.78 is 12.7. The Kier molecular flexibility index (Phi) is 3.11. The first-order valence-corrected chi connectivity index (χ1v) is 3.07. The fourth-order valence-corrected chi connectivity index (χ4v) is 0.767. The lowest BCUT2D eigenvalue weighted by atomic mass is 10.4. The molecule has 0 aromatic carbocycles. The molecule has 0 aromatic rings. The molecule has 0 aliphatic rings. The largest absolute Gasteiger partial charge is 0.313 e. The highest BCUT2D eigenvalue weighted by atomic mass is 19.1. The predicted octanol–water partition coefficient (Wildman–Crippen LogP) is 1.18. The number of hydrogen-bond donors (Lipinski definition) is 0. The third-order valence-electron chi connectivity index (χ3n) is 1.12. The van der Waals surface area contributed by atoms with Crippen LogP contribution in [-0.2, 0) is 0 Å². The molecule has 0 spiro atoms. The Morgan fingerprint density at radius 3 is 2.50 bits per heavy atom. The van der Waals surface area contributed by atoms with Gasteiger partial charge in [-0.15, -0.1) is 6.42 Å². The maximum atomic E-state index is 12.2. The lowest BCUT2D eigenvalue weighted by molar-refractivity contribution is -0.879. The Labute approximate surface area is 61.7 Å². The molecule has 0 rings (SSSR count). The Balaban J connectivity index is 3.89. The molecule has 0 radical (unpaired) electrons. The highest BCUT2D eigenvalue weighted by molar-refractivity contribution is 4.85. The minimum atomic E-state index is -0.319. The normalized spacial score (nSPS) is 10.6. The Bertz CT molecular complexity index is 165. The van der Waals surface area contributed by atoms with Crippen molar-refractivity contribution in [1.29, 1.82) is 0 Å². The molecule has 2 heteroatoms. The fraction of sp³-hybridized carbons (Fsp3) is 0.500. The van der Waals surface area contributed by atoms with Gasteiger partial charge in [-0.3, -0.25) is 0 Å². The molecular formula is C8H13FN+. The molecule has 0 unspecified atom stereocenters. The molecule has 0 N–H and O–H groups in total. The number of quaternary nitrogens is 1. The van der Waals surface area contributed by atoms with E-state index in [0.29, 0.717) is 17.6 Å². The van der Waals surface area contributed by atoms with Gasteiger partial charge < -0.3 is 4.48 Å². The van der Waals surface area contributed by atoms with Crippen LogP contribution in [0.25, 0.3) is 0 Å². The predicted molar refractivity (Wildman–Crippen MR) is 40.9 cm³/mol. The van der Waals surface area contributed by atoms with E-state index in [4.69, 9.17) is 6.42 Å². The molecule has 0 fully saturated rings. The molecule has 0 saturated heterocycles. The highest BCUT2D eigenvalue weighted by Crippen LogP contribution is 2.02. The first-order valence-electron chi connectivity index (χ1n) is 3.07. The van der Waals surface area contributed by atoms with Crippen molar-refractivity contribution in [1.82, 2.24) is 0 Å². The fourth-order valence-electron chi connectivity index (χ4n) is 0.767. The second-order valence-corrected chi connectivity index (χ2v) is 2.97. The Morgan fingerprint density at radius 2 is 2.20 bits per heavy atom. The summed E-state index contributed by atoms with van der Waals surface area (Å²) in [7, 11) is 3.73. The summed E-state index contributed by atoms with van der Waals surface area (Å²) in [6, 6.07) is 0. The second-order valence-electron chi connectivity index (χ2n) is 2.97. The number of terminal acetylenes is 1. The zero-order valence-corrected chi connectivity index (χ0v) is 6.52. The third-order valence-corrected chi connectivity index (χ3v) is 1.12. The average molecular weight is 142 g/mol. The van der Waals surface area contributed by atoms with Gasteiger partial charge in [0.15, 0.2) is 0 Å². The van der Waals surface area contributed by atoms with Gasteiger partial charge in [0, 0.05) is 0 Å². The quantitative estimate of drug-likeness (QED) is 0.410. The maximum absolute atomic E-state index is 12.2. The highest BCUT2D eigenvalue weighted by Gasteiger charge is 2.13. The molecule has 0 aromatic heterocycles. The summed E-state index contributed by atoms with van der Waals surface area (Å²) in [5, 5.41) is 0. The SMILES string of the molecule is C#CC[N+](C)(C)CC(=C)F. The van der Waals surface area contributed by atoms with E-state index in [2.05, 4.69) is 12.5 Å². The summed E-state index contributed by atoms with van der Waals surface area (Å²) >= 11 is 0. The molecule has 0 aliphatic heterocycles. The molecule has 0 aliphatic carbocycles. The van der Waals surface area contributed by atoms with Crippen molar-refractivity contribution in [2.75, 3.05) is 27.2 Å². The van der Waals surface area contributed by atoms with Gasteiger partial charge in [0.25, 0.3) is 0 Å². The topological polar surface area (TPSA) is 0 Å². The van der Waals surface area contributed by atoms with Gasteiger partial charge in [0.2, 0.25) is 0 Å². The van der Waals surface area contributed by atoms with Gasteiger partial charge in [0.1, 0.15) is 18.9 Å². The standard InChI is InChI=1S/C8H13FN/c1-5-6-10(3,4)7-8(2)9/h1H,2,6-7H2,3-4H3/q+1. The maximum Gasteiger partial charge on any atom is 0.147 e. The number of halogens is 1. The van der Waals surface area contributed by atoms with Crippen LogP contribution in [0.5, 0.6) is 0 Å². The van der Waals surface area contributed by atoms with Crippen LogP contribution >= 0.6 is 0 Å². The van der Waals surface area contributed by atoms with Crippen molar-refractivity contribution in [3.8, 4) is 12.3 Å². The molecule has 10 heavy (non-hydrogen) atoms. The molecule has 0 bridgehead atoms. The van der Waals surface area contributed by atoms with Crippen LogP contribution in [-0.4, -0.2) is 31.7 Å². The average Bonchev–Trinajstić information content (AvgIpc) is 1.59. The Morgan fingerprint density at radius 1 is 1.70 bits per heavy atom. The van der Waals surface area contributed by atoms with Crippen molar-refractivity contribution < 1.29 is 8.87 Å². The lowest BCUT2D eigenvalue weighted by Gasteiger charge is -2.25. The number of hydrogen-bond acceptors (Lipinski definition) is 0. The molecular weight excluding hydrogens is 129 g/mol. The minimum absolute atomic E-state index is 0.296. The summed E-state index contributed by atoms with van der Waals surface area (Å²) in [5.74, 6) is 2.16. The van der Waals surface area contributed by atoms with Crippen molar-refractivity contribution in [3.05, 3.63) is 12.4 Å². The summed E-state index contributed by atoms with van der Waals surface area (Å²) in [5.41, 5.74) is 0. The van der Waals surface area contributed by atoms with Crippen LogP contribution in [0.3, 0.4) is 0 Å². The molecule has 56 valence electrons. The first kappa shape index (κ1) is 9.19. The molecule has 1 nitrogen and oxygen atoms in total. The van der Waals surface area contributed by atoms with Gasteiger partial charge in [-0.2, -0.15) is 0 Å². The summed E-state index contributed by atoms with van der Waals surface area (Å²) in [6.07, 6.45) is 5.07. The minimum Gasteiger partial charge on any atom is -0.313 e. The van der Waals surface area contributed by atoms with Crippen LogP contribution in [0.4, 0.5) is 4.39 Å². The van der Waals surface area contributed by atoms with E-state index in [1.807, 2.05) is 14.1 Å². The molecule has 0 heterocycles. The van der Waals surface area contributed by atoms with E-state index in [9.17, 15) is 4.39 Å². The van der Waals surface area contributed by atoms with E-state index in [1.54, 1.807) is 0 Å². The van der Waals surface area contributed by atoms with Crippen molar-refractivity contribution in [2.24, 2.45) is 0 Å². The zero-order chi connectivity index (χ0) is 8.20.